The number of nitrogens with two attached hydrogens (primary N) is 1. The topological polar surface area (TPSA) is 151 Å². The second-order valence-corrected chi connectivity index (χ2v) is 4.22. The number of aryl methyl sites for hydroxylation is 1. The molecular formula is C11H17N5O4. The minimum atomic E-state index is -1.25. The van der Waals surface area contributed by atoms with Crippen molar-refractivity contribution >= 4 is 17.8 Å². The Labute approximate surface area is 115 Å². The molecule has 1 aromatic heterocycles. The van der Waals surface area contributed by atoms with E-state index in [4.69, 9.17) is 10.8 Å². The minimum absolute atomic E-state index is 0.0807. The van der Waals surface area contributed by atoms with E-state index in [9.17, 15) is 14.4 Å². The van der Waals surface area contributed by atoms with E-state index < -0.39 is 23.8 Å². The van der Waals surface area contributed by atoms with Crippen LogP contribution in [0.3, 0.4) is 0 Å². The summed E-state index contributed by atoms with van der Waals surface area (Å²) < 4.78 is 0. The normalized spacial score (nSPS) is 11.8. The van der Waals surface area contributed by atoms with Crippen molar-refractivity contribution < 1.29 is 19.5 Å². The Balaban J connectivity index is 2.64. The predicted molar refractivity (Wildman–Crippen MR) is 67.7 cm³/mol. The van der Waals surface area contributed by atoms with Crippen LogP contribution >= 0.6 is 0 Å². The summed E-state index contributed by atoms with van der Waals surface area (Å²) in [6, 6.07) is -1.21. The highest BCUT2D eigenvalue weighted by Crippen LogP contribution is 2.01. The second kappa shape index (κ2) is 7.22. The number of carbonyl (C=O) groups excluding carboxylic acids is 2. The fourth-order valence-corrected chi connectivity index (χ4v) is 1.51. The maximum Gasteiger partial charge on any atom is 0.326 e. The SMILES string of the molecule is CCCc1nc(C(=O)N[C@@H](CCC(N)=O)C(=O)O)n[nH]1. The van der Waals surface area contributed by atoms with E-state index in [-0.39, 0.29) is 18.7 Å². The van der Waals surface area contributed by atoms with Gasteiger partial charge in [0.2, 0.25) is 11.7 Å². The molecule has 0 bridgehead atoms. The van der Waals surface area contributed by atoms with Gasteiger partial charge in [-0.15, -0.1) is 5.10 Å². The second-order valence-electron chi connectivity index (χ2n) is 4.22. The van der Waals surface area contributed by atoms with Crippen LogP contribution in [0.4, 0.5) is 0 Å². The van der Waals surface area contributed by atoms with Gasteiger partial charge in [0, 0.05) is 12.8 Å². The predicted octanol–water partition coefficient (Wildman–Crippen LogP) is -0.794. The number of nitrogens with zero attached hydrogens (tertiary/aromatic N) is 2. The lowest BCUT2D eigenvalue weighted by Crippen LogP contribution is -2.41. The lowest BCUT2D eigenvalue weighted by molar-refractivity contribution is -0.139. The van der Waals surface area contributed by atoms with E-state index in [0.717, 1.165) is 6.42 Å². The summed E-state index contributed by atoms with van der Waals surface area (Å²) in [5.74, 6) is -2.15. The highest BCUT2D eigenvalue weighted by atomic mass is 16.4. The largest absolute Gasteiger partial charge is 0.480 e. The van der Waals surface area contributed by atoms with Crippen molar-refractivity contribution in [1.82, 2.24) is 20.5 Å². The minimum Gasteiger partial charge on any atom is -0.480 e. The summed E-state index contributed by atoms with van der Waals surface area (Å²) >= 11 is 0. The summed E-state index contributed by atoms with van der Waals surface area (Å²) in [6.45, 7) is 1.95. The van der Waals surface area contributed by atoms with Crippen LogP contribution in [0.15, 0.2) is 0 Å². The molecule has 0 aliphatic rings. The van der Waals surface area contributed by atoms with Gasteiger partial charge in [0.15, 0.2) is 0 Å². The fraction of sp³-hybridized carbons (Fsp3) is 0.545. The molecule has 20 heavy (non-hydrogen) atoms. The molecule has 0 aromatic carbocycles. The number of aliphatic carboxylic acids is 1. The van der Waals surface area contributed by atoms with Crippen LogP contribution in [0, 0.1) is 0 Å². The summed E-state index contributed by atoms with van der Waals surface area (Å²) in [5, 5.41) is 17.5. The van der Waals surface area contributed by atoms with E-state index in [1.165, 1.54) is 0 Å². The molecule has 0 aliphatic carbocycles. The third kappa shape index (κ3) is 4.67. The number of carboxylic acids is 1. The smallest absolute Gasteiger partial charge is 0.326 e. The fourth-order valence-electron chi connectivity index (χ4n) is 1.51. The van der Waals surface area contributed by atoms with Crippen LogP contribution in [0.2, 0.25) is 0 Å². The Kier molecular flexibility index (Phi) is 5.63. The monoisotopic (exact) mass is 283 g/mol. The van der Waals surface area contributed by atoms with E-state index >= 15 is 0 Å². The highest BCUT2D eigenvalue weighted by Gasteiger charge is 2.23. The van der Waals surface area contributed by atoms with Gasteiger partial charge in [-0.1, -0.05) is 6.92 Å². The van der Waals surface area contributed by atoms with Gasteiger partial charge in [-0.25, -0.2) is 9.78 Å². The molecule has 2 amide bonds. The summed E-state index contributed by atoms with van der Waals surface area (Å²) in [4.78, 5) is 37.3. The van der Waals surface area contributed by atoms with Gasteiger partial charge in [0.05, 0.1) is 0 Å². The van der Waals surface area contributed by atoms with Crippen molar-refractivity contribution in [2.75, 3.05) is 0 Å². The van der Waals surface area contributed by atoms with E-state index in [0.29, 0.717) is 12.2 Å². The molecule has 1 aromatic rings. The number of aromatic nitrogens is 3. The number of nitrogens with one attached hydrogen (secondary N) is 2. The Morgan fingerprint density at radius 2 is 2.15 bits per heavy atom. The van der Waals surface area contributed by atoms with Gasteiger partial charge in [0.1, 0.15) is 11.9 Å². The highest BCUT2D eigenvalue weighted by molar-refractivity contribution is 5.93. The zero-order valence-electron chi connectivity index (χ0n) is 11.0. The summed E-state index contributed by atoms with van der Waals surface area (Å²) in [5.41, 5.74) is 4.95. The first-order valence-corrected chi connectivity index (χ1v) is 6.17. The Morgan fingerprint density at radius 1 is 1.45 bits per heavy atom. The molecule has 110 valence electrons. The Bertz CT molecular complexity index is 499. The van der Waals surface area contributed by atoms with Gasteiger partial charge in [-0.2, -0.15) is 0 Å². The average Bonchev–Trinajstić information content (AvgIpc) is 2.82. The molecular weight excluding hydrogens is 266 g/mol. The molecule has 0 fully saturated rings. The van der Waals surface area contributed by atoms with Gasteiger partial charge in [-0.05, 0) is 12.8 Å². The zero-order valence-corrected chi connectivity index (χ0v) is 11.0. The van der Waals surface area contributed by atoms with Crippen LogP contribution < -0.4 is 11.1 Å². The van der Waals surface area contributed by atoms with Crippen molar-refractivity contribution in [2.24, 2.45) is 5.73 Å². The molecule has 0 saturated heterocycles. The van der Waals surface area contributed by atoms with Crippen LogP contribution in [-0.2, 0) is 16.0 Å². The quantitative estimate of drug-likeness (QED) is 0.490. The van der Waals surface area contributed by atoms with Crippen LogP contribution in [-0.4, -0.2) is 44.1 Å². The number of amides is 2. The molecule has 1 atom stereocenters. The molecule has 0 radical (unpaired) electrons. The summed E-state index contributed by atoms with van der Waals surface area (Å²) in [6.07, 6.45) is 1.27. The molecule has 9 heteroatoms. The number of carboxylic acid groups (broad SMARTS) is 1. The van der Waals surface area contributed by atoms with E-state index in [1.54, 1.807) is 0 Å². The molecule has 1 rings (SSSR count). The number of primary amides is 1. The number of hydrogen-bond donors (Lipinski definition) is 4. The Hall–Kier alpha value is -2.45. The number of H-pyrrole nitrogens is 1. The standard InChI is InChI=1S/C11H17N5O4/c1-2-3-8-14-9(16-15-8)10(18)13-6(11(19)20)4-5-7(12)17/h6H,2-5H2,1H3,(H2,12,17)(H,13,18)(H,19,20)(H,14,15,16)/t6-/m0/s1. The van der Waals surface area contributed by atoms with Crippen LogP contribution in [0.25, 0.3) is 0 Å². The Morgan fingerprint density at radius 3 is 2.70 bits per heavy atom. The molecule has 1 heterocycles. The maximum absolute atomic E-state index is 11.8. The molecule has 0 unspecified atom stereocenters. The van der Waals surface area contributed by atoms with Gasteiger partial charge in [-0.3, -0.25) is 14.7 Å². The molecule has 0 spiro atoms. The third-order valence-electron chi connectivity index (χ3n) is 2.50. The van der Waals surface area contributed by atoms with Gasteiger partial charge >= 0.3 is 5.97 Å². The van der Waals surface area contributed by atoms with Gasteiger partial charge in [0.25, 0.3) is 5.91 Å². The van der Waals surface area contributed by atoms with Crippen molar-refractivity contribution in [3.8, 4) is 0 Å². The van der Waals surface area contributed by atoms with E-state index in [1.807, 2.05) is 6.92 Å². The van der Waals surface area contributed by atoms with E-state index in [2.05, 4.69) is 20.5 Å². The zero-order chi connectivity index (χ0) is 15.1. The number of hydrogen-bond acceptors (Lipinski definition) is 5. The van der Waals surface area contributed by atoms with Crippen LogP contribution in [0.1, 0.15) is 42.6 Å². The molecule has 0 aliphatic heterocycles. The first-order valence-electron chi connectivity index (χ1n) is 6.17. The third-order valence-corrected chi connectivity index (χ3v) is 2.50. The summed E-state index contributed by atoms with van der Waals surface area (Å²) in [7, 11) is 0. The lowest BCUT2D eigenvalue weighted by Gasteiger charge is -2.11. The average molecular weight is 283 g/mol. The van der Waals surface area contributed by atoms with Gasteiger partial charge < -0.3 is 16.2 Å². The maximum atomic E-state index is 11.8. The molecule has 9 nitrogen and oxygen atoms in total. The number of carbonyl (C=O) groups is 3. The van der Waals surface area contributed by atoms with Crippen molar-refractivity contribution in [3.05, 3.63) is 11.6 Å². The van der Waals surface area contributed by atoms with Crippen LogP contribution in [0.5, 0.6) is 0 Å². The number of aromatic amines is 1. The lowest BCUT2D eigenvalue weighted by atomic mass is 10.1. The van der Waals surface area contributed by atoms with Crippen molar-refractivity contribution in [1.29, 1.82) is 0 Å². The van der Waals surface area contributed by atoms with Crippen molar-refractivity contribution in [3.63, 3.8) is 0 Å². The number of rotatable bonds is 8. The molecule has 5 N–H and O–H groups in total. The van der Waals surface area contributed by atoms with Crippen molar-refractivity contribution in [2.45, 2.75) is 38.6 Å². The first kappa shape index (κ1) is 15.6. The first-order chi connectivity index (χ1) is 9.43. The molecule has 0 saturated carbocycles.